The standard InChI is InChI=1S/C26H30FN5O2/c1-16-11-29-25-21(16)10-19(12-30-25)18-8-17-2-5-32(26(33)31-6-3-20(27)13-31)14-23(17)22(9-18)24-15-34-7-4-28-24/h8-12,20,24,28H,2-7,13-15H2,1H3,(H,29,30)/t20-,24+/m1/s1. The number of rotatable bonds is 2. The quantitative estimate of drug-likeness (QED) is 0.608. The zero-order chi connectivity index (χ0) is 23.2. The van der Waals surface area contributed by atoms with Gasteiger partial charge in [-0.15, -0.1) is 0 Å². The molecule has 7 nitrogen and oxygen atoms in total. The predicted octanol–water partition coefficient (Wildman–Crippen LogP) is 3.72. The first-order chi connectivity index (χ1) is 16.6. The summed E-state index contributed by atoms with van der Waals surface area (Å²) in [7, 11) is 0. The van der Waals surface area contributed by atoms with Crippen molar-refractivity contribution in [3.63, 3.8) is 0 Å². The van der Waals surface area contributed by atoms with Crippen LogP contribution in [-0.2, 0) is 17.7 Å². The van der Waals surface area contributed by atoms with Crippen LogP contribution in [-0.4, -0.2) is 71.4 Å². The average Bonchev–Trinajstić information content (AvgIpc) is 3.48. The molecule has 2 aromatic heterocycles. The molecule has 3 aromatic rings. The Bertz CT molecular complexity index is 1240. The maximum absolute atomic E-state index is 13.7. The minimum absolute atomic E-state index is 0.0498. The second-order valence-corrected chi connectivity index (χ2v) is 9.66. The normalized spacial score (nSPS) is 22.9. The van der Waals surface area contributed by atoms with Crippen molar-refractivity contribution in [2.45, 2.75) is 38.5 Å². The highest BCUT2D eigenvalue weighted by atomic mass is 19.1. The summed E-state index contributed by atoms with van der Waals surface area (Å²) in [5, 5.41) is 4.72. The van der Waals surface area contributed by atoms with Crippen LogP contribution in [0.5, 0.6) is 0 Å². The summed E-state index contributed by atoms with van der Waals surface area (Å²) in [4.78, 5) is 24.5. The van der Waals surface area contributed by atoms with Crippen LogP contribution in [0.2, 0.25) is 0 Å². The highest BCUT2D eigenvalue weighted by Crippen LogP contribution is 2.35. The van der Waals surface area contributed by atoms with Gasteiger partial charge in [-0.25, -0.2) is 14.2 Å². The zero-order valence-corrected chi connectivity index (χ0v) is 19.4. The highest BCUT2D eigenvalue weighted by Gasteiger charge is 2.33. The van der Waals surface area contributed by atoms with Crippen LogP contribution in [0.15, 0.2) is 30.6 Å². The fourth-order valence-corrected chi connectivity index (χ4v) is 5.49. The molecule has 5 heterocycles. The third kappa shape index (κ3) is 3.84. The maximum atomic E-state index is 13.7. The summed E-state index contributed by atoms with van der Waals surface area (Å²) in [6.45, 7) is 6.09. The Balaban J connectivity index is 1.37. The van der Waals surface area contributed by atoms with E-state index in [-0.39, 0.29) is 18.6 Å². The third-order valence-corrected chi connectivity index (χ3v) is 7.42. The Morgan fingerprint density at radius 1 is 1.21 bits per heavy atom. The molecule has 3 aliphatic rings. The van der Waals surface area contributed by atoms with Crippen molar-refractivity contribution < 1.29 is 13.9 Å². The van der Waals surface area contributed by atoms with Crippen LogP contribution in [0.4, 0.5) is 9.18 Å². The molecule has 6 rings (SSSR count). The van der Waals surface area contributed by atoms with Crippen LogP contribution in [0.1, 0.15) is 34.7 Å². The number of amides is 2. The van der Waals surface area contributed by atoms with Gasteiger partial charge >= 0.3 is 6.03 Å². The van der Waals surface area contributed by atoms with Gasteiger partial charge in [0.2, 0.25) is 0 Å². The lowest BCUT2D eigenvalue weighted by Crippen LogP contribution is -2.45. The molecule has 1 aromatic carbocycles. The van der Waals surface area contributed by atoms with E-state index in [4.69, 9.17) is 4.74 Å². The van der Waals surface area contributed by atoms with Crippen molar-refractivity contribution in [2.24, 2.45) is 0 Å². The number of ether oxygens (including phenoxy) is 1. The summed E-state index contributed by atoms with van der Waals surface area (Å²) in [5.41, 5.74) is 7.93. The van der Waals surface area contributed by atoms with E-state index in [0.29, 0.717) is 39.3 Å². The molecule has 2 atom stereocenters. The molecule has 2 amide bonds. The number of aromatic nitrogens is 2. The molecule has 0 bridgehead atoms. The number of halogens is 1. The molecule has 0 aliphatic carbocycles. The molecule has 2 saturated heterocycles. The van der Waals surface area contributed by atoms with Crippen molar-refractivity contribution in [3.05, 3.63) is 52.8 Å². The van der Waals surface area contributed by atoms with Crippen LogP contribution >= 0.6 is 0 Å². The number of aromatic amines is 1. The number of fused-ring (bicyclic) bond motifs is 2. The van der Waals surface area contributed by atoms with Crippen LogP contribution in [0.3, 0.4) is 0 Å². The molecule has 0 radical (unpaired) electrons. The first-order valence-electron chi connectivity index (χ1n) is 12.2. The van der Waals surface area contributed by atoms with E-state index < -0.39 is 6.17 Å². The maximum Gasteiger partial charge on any atom is 0.320 e. The van der Waals surface area contributed by atoms with Gasteiger partial charge < -0.3 is 24.8 Å². The molecule has 2 fully saturated rings. The molecular formula is C26H30FN5O2. The Morgan fingerprint density at radius 3 is 2.91 bits per heavy atom. The number of morpholine rings is 1. The van der Waals surface area contributed by atoms with Crippen molar-refractivity contribution in [2.75, 3.05) is 39.4 Å². The van der Waals surface area contributed by atoms with E-state index in [9.17, 15) is 9.18 Å². The van der Waals surface area contributed by atoms with E-state index >= 15 is 0 Å². The molecule has 2 N–H and O–H groups in total. The first kappa shape index (κ1) is 21.6. The molecule has 0 spiro atoms. The minimum Gasteiger partial charge on any atom is -0.378 e. The molecule has 0 unspecified atom stereocenters. The van der Waals surface area contributed by atoms with Crippen molar-refractivity contribution in [1.29, 1.82) is 0 Å². The number of hydrogen-bond donors (Lipinski definition) is 2. The van der Waals surface area contributed by atoms with Crippen molar-refractivity contribution in [3.8, 4) is 11.1 Å². The summed E-state index contributed by atoms with van der Waals surface area (Å²) in [6, 6.07) is 6.71. The number of urea groups is 1. The fraction of sp³-hybridized carbons (Fsp3) is 0.462. The Labute approximate surface area is 198 Å². The number of carbonyl (C=O) groups excluding carboxylic acids is 1. The topological polar surface area (TPSA) is 73.5 Å². The summed E-state index contributed by atoms with van der Waals surface area (Å²) in [5.74, 6) is 0. The smallest absolute Gasteiger partial charge is 0.320 e. The van der Waals surface area contributed by atoms with Gasteiger partial charge in [0.1, 0.15) is 11.8 Å². The lowest BCUT2D eigenvalue weighted by molar-refractivity contribution is 0.0762. The molecule has 178 valence electrons. The van der Waals surface area contributed by atoms with Gasteiger partial charge in [0.05, 0.1) is 25.8 Å². The van der Waals surface area contributed by atoms with E-state index in [1.165, 1.54) is 22.3 Å². The summed E-state index contributed by atoms with van der Waals surface area (Å²) >= 11 is 0. The van der Waals surface area contributed by atoms with Crippen molar-refractivity contribution >= 4 is 17.1 Å². The van der Waals surface area contributed by atoms with Crippen LogP contribution in [0.25, 0.3) is 22.2 Å². The number of aryl methyl sites for hydroxylation is 1. The zero-order valence-electron chi connectivity index (χ0n) is 19.4. The number of likely N-dealkylation sites (tertiary alicyclic amines) is 1. The summed E-state index contributed by atoms with van der Waals surface area (Å²) < 4.78 is 19.5. The van der Waals surface area contributed by atoms with Gasteiger partial charge in [-0.05, 0) is 59.7 Å². The number of alkyl halides is 1. The number of nitrogens with one attached hydrogen (secondary N) is 2. The number of nitrogens with zero attached hydrogens (tertiary/aromatic N) is 3. The number of carbonyl (C=O) groups is 1. The Morgan fingerprint density at radius 2 is 2.12 bits per heavy atom. The Hall–Kier alpha value is -2.97. The molecule has 3 aliphatic heterocycles. The highest BCUT2D eigenvalue weighted by molar-refractivity contribution is 5.84. The molecule has 0 saturated carbocycles. The fourth-order valence-electron chi connectivity index (χ4n) is 5.49. The summed E-state index contributed by atoms with van der Waals surface area (Å²) in [6.07, 6.45) is 4.22. The van der Waals surface area contributed by atoms with Gasteiger partial charge in [-0.3, -0.25) is 0 Å². The lowest BCUT2D eigenvalue weighted by atomic mass is 9.87. The van der Waals surface area contributed by atoms with Crippen LogP contribution in [0, 0.1) is 6.92 Å². The minimum atomic E-state index is -0.905. The van der Waals surface area contributed by atoms with E-state index in [1.807, 2.05) is 17.3 Å². The van der Waals surface area contributed by atoms with Gasteiger partial charge in [0, 0.05) is 49.5 Å². The monoisotopic (exact) mass is 463 g/mol. The SMILES string of the molecule is Cc1c[nH]c2ncc(-c3cc4c(c([C@@H]5COCCN5)c3)CN(C(=O)N3CC[C@@H](F)C3)CC4)cc12. The van der Waals surface area contributed by atoms with Gasteiger partial charge in [-0.2, -0.15) is 0 Å². The van der Waals surface area contributed by atoms with Gasteiger partial charge in [-0.1, -0.05) is 6.07 Å². The molecule has 8 heteroatoms. The third-order valence-electron chi connectivity index (χ3n) is 7.42. The Kier molecular flexibility index (Phi) is 5.50. The van der Waals surface area contributed by atoms with Crippen molar-refractivity contribution in [1.82, 2.24) is 25.1 Å². The second-order valence-electron chi connectivity index (χ2n) is 9.66. The van der Waals surface area contributed by atoms with E-state index in [1.54, 1.807) is 4.90 Å². The van der Waals surface area contributed by atoms with E-state index in [2.05, 4.69) is 40.4 Å². The number of pyridine rings is 1. The predicted molar refractivity (Wildman–Crippen MR) is 128 cm³/mol. The number of hydrogen-bond acceptors (Lipinski definition) is 4. The molecular weight excluding hydrogens is 433 g/mol. The average molecular weight is 464 g/mol. The number of H-pyrrole nitrogens is 1. The number of benzene rings is 1. The first-order valence-corrected chi connectivity index (χ1v) is 12.2. The van der Waals surface area contributed by atoms with Gasteiger partial charge in [0.15, 0.2) is 0 Å². The van der Waals surface area contributed by atoms with Crippen LogP contribution < -0.4 is 5.32 Å². The second kappa shape index (κ2) is 8.67. The van der Waals surface area contributed by atoms with Gasteiger partial charge in [0.25, 0.3) is 0 Å². The van der Waals surface area contributed by atoms with E-state index in [0.717, 1.165) is 35.1 Å². The lowest BCUT2D eigenvalue weighted by Gasteiger charge is -2.35. The largest absolute Gasteiger partial charge is 0.378 e. The molecule has 34 heavy (non-hydrogen) atoms.